The quantitative estimate of drug-likeness (QED) is 0.0195. The lowest BCUT2D eigenvalue weighted by molar-refractivity contribution is -0.305. The highest BCUT2D eigenvalue weighted by molar-refractivity contribution is 5.80. The van der Waals surface area contributed by atoms with Gasteiger partial charge in [-0.25, -0.2) is 0 Å². The van der Waals surface area contributed by atoms with Gasteiger partial charge in [-0.2, -0.15) is 0 Å². The summed E-state index contributed by atoms with van der Waals surface area (Å²) in [5, 5.41) is 57.3. The van der Waals surface area contributed by atoms with E-state index in [1.54, 1.807) is 6.08 Å². The minimum atomic E-state index is -1.63. The Morgan fingerprint density at radius 1 is 0.449 bits per heavy atom. The van der Waals surface area contributed by atoms with Gasteiger partial charge in [0.05, 0.1) is 25.4 Å². The highest BCUT2D eigenvalue weighted by Crippen LogP contribution is 2.26. The number of amides is 1. The van der Waals surface area contributed by atoms with Gasteiger partial charge >= 0.3 is 5.97 Å². The molecule has 1 amide bonds. The van der Waals surface area contributed by atoms with Crippen LogP contribution in [0, 0.1) is 0 Å². The van der Waals surface area contributed by atoms with Crippen molar-refractivity contribution in [1.82, 2.24) is 5.32 Å². The van der Waals surface area contributed by atoms with Crippen molar-refractivity contribution in [2.24, 2.45) is 0 Å². The molecular weight excluding hydrogens is 1110 g/mol. The van der Waals surface area contributed by atoms with Crippen molar-refractivity contribution >= 4 is 11.9 Å². The summed E-state index contributed by atoms with van der Waals surface area (Å²) in [5.41, 5.74) is 0. The van der Waals surface area contributed by atoms with E-state index in [9.17, 15) is 35.1 Å². The summed E-state index contributed by atoms with van der Waals surface area (Å²) in [5.74, 6) is -1.21. The Balaban J connectivity index is 2.53. The molecule has 1 aliphatic rings. The molecule has 1 saturated heterocycles. The van der Waals surface area contributed by atoms with Crippen molar-refractivity contribution in [3.05, 3.63) is 85.1 Å². The fourth-order valence-corrected chi connectivity index (χ4v) is 11.5. The summed E-state index contributed by atoms with van der Waals surface area (Å²) >= 11 is 0. The number of hydrogen-bond donors (Lipinski definition) is 6. The zero-order valence-corrected chi connectivity index (χ0v) is 57.5. The predicted octanol–water partition coefficient (Wildman–Crippen LogP) is 19.6. The van der Waals surface area contributed by atoms with Crippen molar-refractivity contribution in [2.45, 2.75) is 384 Å². The molecule has 8 unspecified atom stereocenters. The highest BCUT2D eigenvalue weighted by atomic mass is 16.7. The van der Waals surface area contributed by atoms with Crippen LogP contribution in [0.2, 0.25) is 0 Å². The van der Waals surface area contributed by atoms with Gasteiger partial charge in [-0.15, -0.1) is 0 Å². The monoisotopic (exact) mass is 1250 g/mol. The van der Waals surface area contributed by atoms with Gasteiger partial charge in [-0.3, -0.25) is 9.59 Å². The van der Waals surface area contributed by atoms with Gasteiger partial charge in [0.2, 0.25) is 5.91 Å². The molecule has 516 valence electrons. The van der Waals surface area contributed by atoms with E-state index in [-0.39, 0.29) is 13.0 Å². The van der Waals surface area contributed by atoms with Gasteiger partial charge in [0.15, 0.2) is 12.4 Å². The van der Waals surface area contributed by atoms with Crippen LogP contribution in [0.25, 0.3) is 0 Å². The molecule has 8 atom stereocenters. The Kier molecular flexibility index (Phi) is 61.2. The standard InChI is InChI=1S/C78H139NO10/c1-4-7-10-13-16-19-22-24-26-28-30-32-34-35-36-38-39-41-43-45-47-50-53-56-59-62-65-71(82)77(86)79-69(70(81)64-61-58-55-52-49-21-18-15-12-9-6-3)68-87-78-76(75(85)74(84)72(67-80)88-78)89-73(83)66-63-60-57-54-51-48-46-44-42-40-37-33-31-29-27-25-23-20-17-14-11-8-5-2/h8,11,17,20,25,27,31,33,40,42,46,48,61,64,69-72,74-76,78,80-82,84-85H,4-7,9-10,12-16,18-19,21-24,26,28-30,32,34-39,41,43-45,47,49-60,62-63,65-68H2,1-3H3,(H,79,86)/b11-8-,20-17-,27-25-,33-31-,42-40-,48-46-,64-61+. The normalized spacial score (nSPS) is 18.6. The molecule has 0 radical (unpaired) electrons. The Morgan fingerprint density at radius 2 is 0.809 bits per heavy atom. The van der Waals surface area contributed by atoms with Crippen molar-refractivity contribution in [1.29, 1.82) is 0 Å². The smallest absolute Gasteiger partial charge is 0.306 e. The third-order valence-corrected chi connectivity index (χ3v) is 17.3. The molecule has 0 aliphatic carbocycles. The Bertz CT molecular complexity index is 1780. The van der Waals surface area contributed by atoms with Crippen molar-refractivity contribution in [3.63, 3.8) is 0 Å². The first-order valence-electron chi connectivity index (χ1n) is 37.4. The minimum Gasteiger partial charge on any atom is -0.454 e. The first-order chi connectivity index (χ1) is 43.7. The maximum atomic E-state index is 13.5. The van der Waals surface area contributed by atoms with Gasteiger partial charge in [-0.1, -0.05) is 337 Å². The summed E-state index contributed by atoms with van der Waals surface area (Å²) in [6.07, 6.45) is 76.4. The van der Waals surface area contributed by atoms with E-state index in [0.717, 1.165) is 103 Å². The SMILES string of the molecule is CC/C=C\C/C=C\C/C=C\C/C=C\C/C=C\C/C=C\CCCCCCC(=O)OC1C(OCC(NC(=O)C(O)CCCCCCCCCCCCCCCCCCCCCCCCCCCC)C(O)/C=C/CCCCCCCCCCC)OC(CO)C(O)C1O. The summed E-state index contributed by atoms with van der Waals surface area (Å²) in [6.45, 7) is 5.70. The third kappa shape index (κ3) is 52.0. The number of allylic oxidation sites excluding steroid dienone is 13. The lowest BCUT2D eigenvalue weighted by Crippen LogP contribution is -2.61. The number of carbonyl (C=O) groups is 2. The van der Waals surface area contributed by atoms with E-state index < -0.39 is 67.4 Å². The predicted molar refractivity (Wildman–Crippen MR) is 375 cm³/mol. The summed E-state index contributed by atoms with van der Waals surface area (Å²) in [4.78, 5) is 26.7. The largest absolute Gasteiger partial charge is 0.454 e. The van der Waals surface area contributed by atoms with Crippen LogP contribution in [0.5, 0.6) is 0 Å². The number of hydrogen-bond acceptors (Lipinski definition) is 10. The van der Waals surface area contributed by atoms with Crippen LogP contribution in [0.1, 0.15) is 335 Å². The van der Waals surface area contributed by atoms with E-state index in [4.69, 9.17) is 14.2 Å². The molecule has 6 N–H and O–H groups in total. The van der Waals surface area contributed by atoms with E-state index in [1.807, 2.05) is 6.08 Å². The van der Waals surface area contributed by atoms with Crippen LogP contribution in [0.15, 0.2) is 85.1 Å². The number of aliphatic hydroxyl groups excluding tert-OH is 5. The lowest BCUT2D eigenvalue weighted by atomic mass is 9.99. The molecule has 1 aliphatic heterocycles. The number of carbonyl (C=O) groups excluding carboxylic acids is 2. The molecule has 89 heavy (non-hydrogen) atoms. The van der Waals surface area contributed by atoms with E-state index in [0.29, 0.717) is 19.3 Å². The second-order valence-corrected chi connectivity index (χ2v) is 25.7. The molecule has 1 heterocycles. The van der Waals surface area contributed by atoms with Crippen LogP contribution in [-0.4, -0.2) is 99.6 Å². The number of ether oxygens (including phenoxy) is 3. The van der Waals surface area contributed by atoms with Crippen LogP contribution in [0.4, 0.5) is 0 Å². The topological polar surface area (TPSA) is 175 Å². The molecule has 0 aromatic carbocycles. The average molecular weight is 1250 g/mol. The van der Waals surface area contributed by atoms with Crippen molar-refractivity contribution in [2.75, 3.05) is 13.2 Å². The third-order valence-electron chi connectivity index (χ3n) is 17.3. The lowest BCUT2D eigenvalue weighted by Gasteiger charge is -2.41. The maximum Gasteiger partial charge on any atom is 0.306 e. The maximum absolute atomic E-state index is 13.5. The molecule has 11 nitrogen and oxygen atoms in total. The molecule has 0 saturated carbocycles. The Morgan fingerprint density at radius 3 is 1.21 bits per heavy atom. The molecule has 11 heteroatoms. The fourth-order valence-electron chi connectivity index (χ4n) is 11.5. The van der Waals surface area contributed by atoms with Gasteiger partial charge in [0.1, 0.15) is 24.4 Å². The van der Waals surface area contributed by atoms with Crippen LogP contribution < -0.4 is 5.32 Å². The van der Waals surface area contributed by atoms with E-state index in [2.05, 4.69) is 99.0 Å². The minimum absolute atomic E-state index is 0.0914. The molecule has 1 rings (SSSR count). The van der Waals surface area contributed by atoms with Gasteiger partial charge in [-0.05, 0) is 77.0 Å². The second-order valence-electron chi connectivity index (χ2n) is 25.7. The Labute approximate surface area is 546 Å². The number of unbranched alkanes of at least 4 members (excludes halogenated alkanes) is 38. The fraction of sp³-hybridized carbons (Fsp3) is 0.795. The molecule has 0 spiro atoms. The van der Waals surface area contributed by atoms with Crippen molar-refractivity contribution in [3.8, 4) is 0 Å². The molecule has 0 aromatic rings. The molecule has 0 bridgehead atoms. The van der Waals surface area contributed by atoms with Crippen LogP contribution in [0.3, 0.4) is 0 Å². The summed E-state index contributed by atoms with van der Waals surface area (Å²) in [7, 11) is 0. The summed E-state index contributed by atoms with van der Waals surface area (Å²) < 4.78 is 17.7. The first-order valence-corrected chi connectivity index (χ1v) is 37.4. The number of aliphatic hydroxyl groups is 5. The number of esters is 1. The van der Waals surface area contributed by atoms with Crippen molar-refractivity contribution < 1.29 is 49.3 Å². The molecule has 1 fully saturated rings. The van der Waals surface area contributed by atoms with Gasteiger partial charge in [0.25, 0.3) is 0 Å². The van der Waals surface area contributed by atoms with Crippen LogP contribution in [-0.2, 0) is 23.8 Å². The van der Waals surface area contributed by atoms with Gasteiger partial charge in [0, 0.05) is 6.42 Å². The zero-order chi connectivity index (χ0) is 64.6. The molecule has 0 aromatic heterocycles. The second kappa shape index (κ2) is 64.9. The summed E-state index contributed by atoms with van der Waals surface area (Å²) in [6, 6.07) is -1.03. The number of nitrogens with one attached hydrogen (secondary N) is 1. The van der Waals surface area contributed by atoms with Crippen LogP contribution >= 0.6 is 0 Å². The number of rotatable bonds is 64. The Hall–Kier alpha value is -3.16. The van der Waals surface area contributed by atoms with E-state index >= 15 is 0 Å². The van der Waals surface area contributed by atoms with E-state index in [1.165, 1.54) is 186 Å². The first kappa shape index (κ1) is 83.9. The highest BCUT2D eigenvalue weighted by Gasteiger charge is 2.47. The molecular formula is C78H139NO10. The van der Waals surface area contributed by atoms with Gasteiger partial charge < -0.3 is 45.1 Å². The average Bonchev–Trinajstić information content (AvgIpc) is 1.97. The zero-order valence-electron chi connectivity index (χ0n) is 57.5.